The fraction of sp³-hybridized carbons (Fsp3) is 0.200. The summed E-state index contributed by atoms with van der Waals surface area (Å²) in [7, 11) is 3.82. The van der Waals surface area contributed by atoms with Crippen molar-refractivity contribution in [2.45, 2.75) is 0 Å². The van der Waals surface area contributed by atoms with Crippen LogP contribution in [0.4, 0.5) is 5.69 Å². The summed E-state index contributed by atoms with van der Waals surface area (Å²) >= 11 is 0. The summed E-state index contributed by atoms with van der Waals surface area (Å²) < 4.78 is 0. The van der Waals surface area contributed by atoms with Crippen LogP contribution in [-0.2, 0) is 0 Å². The monoisotopic (exact) mass is 173 g/mol. The van der Waals surface area contributed by atoms with Gasteiger partial charge < -0.3 is 4.90 Å². The fourth-order valence-electron chi connectivity index (χ4n) is 1.04. The maximum atomic E-state index is 8.69. The van der Waals surface area contributed by atoms with E-state index in [0.717, 1.165) is 5.69 Å². The second-order valence-electron chi connectivity index (χ2n) is 2.86. The number of pyridine rings is 1. The van der Waals surface area contributed by atoms with E-state index >= 15 is 0 Å². The Bertz CT molecular complexity index is 361. The van der Waals surface area contributed by atoms with Crippen molar-refractivity contribution >= 4 is 11.3 Å². The third-order valence-electron chi connectivity index (χ3n) is 1.69. The molecule has 0 amide bonds. The molecule has 0 saturated heterocycles. The summed E-state index contributed by atoms with van der Waals surface area (Å²) in [6.45, 7) is 3.64. The molecule has 1 heterocycles. The number of rotatable bonds is 2. The van der Waals surface area contributed by atoms with E-state index in [1.807, 2.05) is 37.2 Å². The molecule has 0 fully saturated rings. The standard InChI is InChI=1S/C10H11N3/c1-8(7-11)10-9(13(2)3)5-4-6-12-10/h4-6H,1H2,2-3H3. The Morgan fingerprint density at radius 2 is 2.31 bits per heavy atom. The van der Waals surface area contributed by atoms with E-state index in [0.29, 0.717) is 11.3 Å². The zero-order chi connectivity index (χ0) is 9.84. The lowest BCUT2D eigenvalue weighted by Gasteiger charge is -2.14. The van der Waals surface area contributed by atoms with Gasteiger partial charge in [0.1, 0.15) is 11.8 Å². The van der Waals surface area contributed by atoms with E-state index in [4.69, 9.17) is 5.26 Å². The third kappa shape index (κ3) is 1.85. The maximum absolute atomic E-state index is 8.69. The Hall–Kier alpha value is -1.82. The highest BCUT2D eigenvalue weighted by molar-refractivity contribution is 5.80. The molecule has 0 aromatic carbocycles. The molecule has 66 valence electrons. The van der Waals surface area contributed by atoms with Gasteiger partial charge in [-0.1, -0.05) is 6.58 Å². The molecule has 1 aromatic heterocycles. The first-order chi connectivity index (χ1) is 6.16. The van der Waals surface area contributed by atoms with Gasteiger partial charge in [-0.2, -0.15) is 5.26 Å². The molecule has 3 nitrogen and oxygen atoms in total. The normalized spacial score (nSPS) is 9.00. The van der Waals surface area contributed by atoms with Crippen LogP contribution < -0.4 is 4.90 Å². The molecule has 0 saturated carbocycles. The molecule has 0 aliphatic heterocycles. The third-order valence-corrected chi connectivity index (χ3v) is 1.69. The molecule has 1 aromatic rings. The van der Waals surface area contributed by atoms with E-state index < -0.39 is 0 Å². The summed E-state index contributed by atoms with van der Waals surface area (Å²) in [4.78, 5) is 6.01. The molecule has 0 radical (unpaired) electrons. The molecule has 0 bridgehead atoms. The zero-order valence-electron chi connectivity index (χ0n) is 7.78. The van der Waals surface area contributed by atoms with Crippen LogP contribution in [0.5, 0.6) is 0 Å². The van der Waals surface area contributed by atoms with E-state index in [1.54, 1.807) is 6.20 Å². The van der Waals surface area contributed by atoms with Crippen molar-refractivity contribution in [1.82, 2.24) is 4.98 Å². The molecule has 0 aliphatic carbocycles. The first-order valence-electron chi connectivity index (χ1n) is 3.88. The number of allylic oxidation sites excluding steroid dienone is 1. The molecule has 3 heteroatoms. The van der Waals surface area contributed by atoms with Gasteiger partial charge in [0, 0.05) is 20.3 Å². The van der Waals surface area contributed by atoms with Crippen molar-refractivity contribution in [1.29, 1.82) is 5.26 Å². The number of nitrogens with zero attached hydrogens (tertiary/aromatic N) is 3. The average Bonchev–Trinajstić information content (AvgIpc) is 2.16. The number of nitriles is 1. The highest BCUT2D eigenvalue weighted by Crippen LogP contribution is 2.21. The number of hydrogen-bond acceptors (Lipinski definition) is 3. The average molecular weight is 173 g/mol. The van der Waals surface area contributed by atoms with Crippen LogP contribution >= 0.6 is 0 Å². The van der Waals surface area contributed by atoms with Gasteiger partial charge in [-0.3, -0.25) is 4.98 Å². The summed E-state index contributed by atoms with van der Waals surface area (Å²) in [5, 5.41) is 8.69. The molecule has 13 heavy (non-hydrogen) atoms. The van der Waals surface area contributed by atoms with Crippen molar-refractivity contribution in [3.63, 3.8) is 0 Å². The van der Waals surface area contributed by atoms with Gasteiger partial charge in [-0.25, -0.2) is 0 Å². The Morgan fingerprint density at radius 3 is 2.85 bits per heavy atom. The Kier molecular flexibility index (Phi) is 2.65. The van der Waals surface area contributed by atoms with Gasteiger partial charge in [0.15, 0.2) is 0 Å². The molecular weight excluding hydrogens is 162 g/mol. The molecule has 0 aliphatic rings. The highest BCUT2D eigenvalue weighted by Gasteiger charge is 2.07. The predicted molar refractivity (Wildman–Crippen MR) is 53.2 cm³/mol. The Balaban J connectivity index is 3.21. The van der Waals surface area contributed by atoms with E-state index in [9.17, 15) is 0 Å². The van der Waals surface area contributed by atoms with Crippen LogP contribution in [0, 0.1) is 11.3 Å². The number of aromatic nitrogens is 1. The number of anilines is 1. The Labute approximate surface area is 77.9 Å². The van der Waals surface area contributed by atoms with Crippen LogP contribution in [0.25, 0.3) is 5.57 Å². The van der Waals surface area contributed by atoms with E-state index in [1.165, 1.54) is 0 Å². The minimum atomic E-state index is 0.393. The van der Waals surface area contributed by atoms with Gasteiger partial charge >= 0.3 is 0 Å². The van der Waals surface area contributed by atoms with Crippen LogP contribution in [0.2, 0.25) is 0 Å². The highest BCUT2D eigenvalue weighted by atomic mass is 15.1. The van der Waals surface area contributed by atoms with Crippen molar-refractivity contribution in [3.05, 3.63) is 30.6 Å². The second kappa shape index (κ2) is 3.72. The quantitative estimate of drug-likeness (QED) is 0.639. The van der Waals surface area contributed by atoms with Gasteiger partial charge in [0.2, 0.25) is 0 Å². The lowest BCUT2D eigenvalue weighted by atomic mass is 10.2. The second-order valence-corrected chi connectivity index (χ2v) is 2.86. The summed E-state index contributed by atoms with van der Waals surface area (Å²) in [5.74, 6) is 0. The minimum Gasteiger partial charge on any atom is -0.376 e. The smallest absolute Gasteiger partial charge is 0.103 e. The zero-order valence-corrected chi connectivity index (χ0v) is 7.78. The summed E-state index contributed by atoms with van der Waals surface area (Å²) in [6, 6.07) is 5.74. The van der Waals surface area contributed by atoms with Crippen LogP contribution in [0.15, 0.2) is 24.9 Å². The lowest BCUT2D eigenvalue weighted by molar-refractivity contribution is 1.10. The van der Waals surface area contributed by atoms with Crippen molar-refractivity contribution in [3.8, 4) is 6.07 Å². The van der Waals surface area contributed by atoms with E-state index in [2.05, 4.69) is 11.6 Å². The molecule has 0 spiro atoms. The van der Waals surface area contributed by atoms with Crippen LogP contribution in [-0.4, -0.2) is 19.1 Å². The lowest BCUT2D eigenvalue weighted by Crippen LogP contribution is -2.11. The summed E-state index contributed by atoms with van der Waals surface area (Å²) in [6.07, 6.45) is 1.66. The van der Waals surface area contributed by atoms with Gasteiger partial charge in [-0.15, -0.1) is 0 Å². The predicted octanol–water partition coefficient (Wildman–Crippen LogP) is 1.68. The fourth-order valence-corrected chi connectivity index (χ4v) is 1.04. The topological polar surface area (TPSA) is 39.9 Å². The largest absolute Gasteiger partial charge is 0.376 e. The Morgan fingerprint density at radius 1 is 1.62 bits per heavy atom. The van der Waals surface area contributed by atoms with Gasteiger partial charge in [0.05, 0.1) is 11.3 Å². The van der Waals surface area contributed by atoms with Crippen LogP contribution in [0.1, 0.15) is 5.69 Å². The van der Waals surface area contributed by atoms with E-state index in [-0.39, 0.29) is 0 Å². The SMILES string of the molecule is C=C(C#N)c1ncccc1N(C)C. The first-order valence-corrected chi connectivity index (χ1v) is 3.88. The molecule has 0 unspecified atom stereocenters. The molecule has 0 N–H and O–H groups in total. The van der Waals surface area contributed by atoms with Gasteiger partial charge in [-0.05, 0) is 12.1 Å². The molecule has 0 atom stereocenters. The summed E-state index contributed by atoms with van der Waals surface area (Å²) in [5.41, 5.74) is 1.95. The van der Waals surface area contributed by atoms with Crippen LogP contribution in [0.3, 0.4) is 0 Å². The molecular formula is C10H11N3. The van der Waals surface area contributed by atoms with Crippen molar-refractivity contribution in [2.24, 2.45) is 0 Å². The maximum Gasteiger partial charge on any atom is 0.103 e. The number of hydrogen-bond donors (Lipinski definition) is 0. The minimum absolute atomic E-state index is 0.393. The first kappa shape index (κ1) is 9.27. The molecule has 1 rings (SSSR count). The van der Waals surface area contributed by atoms with Crippen molar-refractivity contribution in [2.75, 3.05) is 19.0 Å². The van der Waals surface area contributed by atoms with Gasteiger partial charge in [0.25, 0.3) is 0 Å². The van der Waals surface area contributed by atoms with Crippen molar-refractivity contribution < 1.29 is 0 Å².